The molecule has 1 saturated heterocycles. The Morgan fingerprint density at radius 3 is 2.79 bits per heavy atom. The second-order valence-electron chi connectivity index (χ2n) is 3.60. The van der Waals surface area contributed by atoms with Gasteiger partial charge in [0.25, 0.3) is 0 Å². The van der Waals surface area contributed by atoms with Gasteiger partial charge >= 0.3 is 0 Å². The summed E-state index contributed by atoms with van der Waals surface area (Å²) in [4.78, 5) is 24.1. The lowest BCUT2D eigenvalue weighted by Gasteiger charge is -2.24. The van der Waals surface area contributed by atoms with Crippen LogP contribution in [0, 0.1) is 5.92 Å². The van der Waals surface area contributed by atoms with Crippen molar-refractivity contribution in [2.75, 3.05) is 12.4 Å². The van der Waals surface area contributed by atoms with Crippen LogP contribution in [0.3, 0.4) is 0 Å². The molecule has 4 nitrogen and oxygen atoms in total. The Balaban J connectivity index is 2.68. The van der Waals surface area contributed by atoms with E-state index in [-0.39, 0.29) is 11.8 Å². The van der Waals surface area contributed by atoms with Gasteiger partial charge in [0.1, 0.15) is 6.04 Å². The number of hydrogen-bond acceptors (Lipinski definition) is 2. The Morgan fingerprint density at radius 1 is 1.79 bits per heavy atom. The van der Waals surface area contributed by atoms with Gasteiger partial charge in [0.05, 0.1) is 0 Å². The van der Waals surface area contributed by atoms with Gasteiger partial charge in [-0.15, -0.1) is 11.6 Å². The van der Waals surface area contributed by atoms with Gasteiger partial charge in [-0.3, -0.25) is 9.59 Å². The molecule has 0 saturated carbocycles. The standard InChI is InChI=1S/C9H15ClN2O2/c1-2-7(9(11)14)12-5-6(4-10)3-8(12)13/h6-7H,2-5H2,1H3,(H2,11,14)/t6?,7-/m0/s1. The highest BCUT2D eigenvalue weighted by Gasteiger charge is 2.35. The molecule has 14 heavy (non-hydrogen) atoms. The van der Waals surface area contributed by atoms with E-state index in [0.29, 0.717) is 25.3 Å². The van der Waals surface area contributed by atoms with Crippen LogP contribution in [0.4, 0.5) is 0 Å². The lowest BCUT2D eigenvalue weighted by molar-refractivity contribution is -0.136. The zero-order valence-electron chi connectivity index (χ0n) is 8.20. The summed E-state index contributed by atoms with van der Waals surface area (Å²) in [5.41, 5.74) is 5.21. The second kappa shape index (κ2) is 4.64. The molecule has 1 aliphatic heterocycles. The summed E-state index contributed by atoms with van der Waals surface area (Å²) in [6, 6.07) is -0.462. The SMILES string of the molecule is CC[C@@H](C(N)=O)N1CC(CCl)CC1=O. The maximum absolute atomic E-state index is 11.5. The van der Waals surface area contributed by atoms with Gasteiger partial charge in [-0.25, -0.2) is 0 Å². The van der Waals surface area contributed by atoms with Crippen molar-refractivity contribution < 1.29 is 9.59 Å². The van der Waals surface area contributed by atoms with Crippen molar-refractivity contribution in [3.05, 3.63) is 0 Å². The fourth-order valence-electron chi connectivity index (χ4n) is 1.79. The van der Waals surface area contributed by atoms with Crippen molar-refractivity contribution >= 4 is 23.4 Å². The van der Waals surface area contributed by atoms with Crippen LogP contribution in [0.2, 0.25) is 0 Å². The molecule has 1 unspecified atom stereocenters. The summed E-state index contributed by atoms with van der Waals surface area (Å²) in [7, 11) is 0. The molecule has 2 amide bonds. The molecule has 0 aromatic heterocycles. The van der Waals surface area contributed by atoms with Gasteiger partial charge < -0.3 is 10.6 Å². The number of alkyl halides is 1. The van der Waals surface area contributed by atoms with Crippen LogP contribution in [0.15, 0.2) is 0 Å². The Morgan fingerprint density at radius 2 is 2.43 bits per heavy atom. The number of carbonyl (C=O) groups is 2. The van der Waals surface area contributed by atoms with E-state index in [1.54, 1.807) is 4.90 Å². The van der Waals surface area contributed by atoms with Crippen LogP contribution >= 0.6 is 11.6 Å². The molecular formula is C9H15ClN2O2. The summed E-state index contributed by atoms with van der Waals surface area (Å²) in [6.45, 7) is 2.40. The Hall–Kier alpha value is -0.770. The molecule has 1 rings (SSSR count). The van der Waals surface area contributed by atoms with E-state index in [2.05, 4.69) is 0 Å². The van der Waals surface area contributed by atoms with Crippen LogP contribution in [0.5, 0.6) is 0 Å². The number of hydrogen-bond donors (Lipinski definition) is 1. The normalized spacial score (nSPS) is 24.0. The van der Waals surface area contributed by atoms with Crippen molar-refractivity contribution in [2.24, 2.45) is 11.7 Å². The first kappa shape index (κ1) is 11.3. The van der Waals surface area contributed by atoms with Crippen molar-refractivity contribution in [1.82, 2.24) is 4.90 Å². The summed E-state index contributed by atoms with van der Waals surface area (Å²) < 4.78 is 0. The lowest BCUT2D eigenvalue weighted by atomic mass is 10.1. The van der Waals surface area contributed by atoms with E-state index >= 15 is 0 Å². The Bertz CT molecular complexity index is 245. The monoisotopic (exact) mass is 218 g/mol. The number of halogens is 1. The van der Waals surface area contributed by atoms with Gasteiger partial charge in [0.2, 0.25) is 11.8 Å². The molecule has 5 heteroatoms. The Labute approximate surface area is 88.4 Å². The average molecular weight is 219 g/mol. The number of nitrogens with zero attached hydrogens (tertiary/aromatic N) is 1. The summed E-state index contributed by atoms with van der Waals surface area (Å²) >= 11 is 5.67. The number of primary amides is 1. The molecule has 2 N–H and O–H groups in total. The van der Waals surface area contributed by atoms with Gasteiger partial charge in [-0.2, -0.15) is 0 Å². The maximum atomic E-state index is 11.5. The third-order valence-electron chi connectivity index (χ3n) is 2.55. The highest BCUT2D eigenvalue weighted by molar-refractivity contribution is 6.18. The van der Waals surface area contributed by atoms with Crippen molar-refractivity contribution in [3.63, 3.8) is 0 Å². The number of likely N-dealkylation sites (tertiary alicyclic amines) is 1. The smallest absolute Gasteiger partial charge is 0.240 e. The number of amides is 2. The first-order valence-corrected chi connectivity index (χ1v) is 5.28. The predicted octanol–water partition coefficient (Wildman–Crippen LogP) is 0.338. The molecule has 0 aliphatic carbocycles. The zero-order chi connectivity index (χ0) is 10.7. The molecule has 80 valence electrons. The average Bonchev–Trinajstić information content (AvgIpc) is 2.48. The molecule has 0 radical (unpaired) electrons. The minimum absolute atomic E-state index is 0.0127. The minimum Gasteiger partial charge on any atom is -0.368 e. The summed E-state index contributed by atoms with van der Waals surface area (Å²) in [5, 5.41) is 0. The van der Waals surface area contributed by atoms with E-state index in [1.165, 1.54) is 0 Å². The van der Waals surface area contributed by atoms with Crippen LogP contribution in [0.25, 0.3) is 0 Å². The van der Waals surface area contributed by atoms with Gasteiger partial charge in [0, 0.05) is 18.8 Å². The van der Waals surface area contributed by atoms with Gasteiger partial charge in [-0.1, -0.05) is 6.92 Å². The topological polar surface area (TPSA) is 63.4 Å². The number of rotatable bonds is 4. The fraction of sp³-hybridized carbons (Fsp3) is 0.778. The zero-order valence-corrected chi connectivity index (χ0v) is 8.96. The van der Waals surface area contributed by atoms with Crippen molar-refractivity contribution in [3.8, 4) is 0 Å². The van der Waals surface area contributed by atoms with Crippen LogP contribution in [-0.4, -0.2) is 35.2 Å². The van der Waals surface area contributed by atoms with Crippen LogP contribution in [0.1, 0.15) is 19.8 Å². The van der Waals surface area contributed by atoms with Gasteiger partial charge in [-0.05, 0) is 12.3 Å². The first-order chi connectivity index (χ1) is 6.60. The second-order valence-corrected chi connectivity index (χ2v) is 3.91. The molecule has 0 bridgehead atoms. The molecule has 1 fully saturated rings. The minimum atomic E-state index is -0.462. The first-order valence-electron chi connectivity index (χ1n) is 4.74. The quantitative estimate of drug-likeness (QED) is 0.692. The van der Waals surface area contributed by atoms with E-state index in [1.807, 2.05) is 6.92 Å². The largest absolute Gasteiger partial charge is 0.368 e. The fourth-order valence-corrected chi connectivity index (χ4v) is 2.00. The molecule has 0 aromatic carbocycles. The molecule has 2 atom stereocenters. The van der Waals surface area contributed by atoms with Crippen molar-refractivity contribution in [1.29, 1.82) is 0 Å². The van der Waals surface area contributed by atoms with E-state index in [4.69, 9.17) is 17.3 Å². The molecule has 0 spiro atoms. The molecule has 0 aromatic rings. The summed E-state index contributed by atoms with van der Waals surface area (Å²) in [5.74, 6) is 0.173. The van der Waals surface area contributed by atoms with E-state index < -0.39 is 11.9 Å². The summed E-state index contributed by atoms with van der Waals surface area (Å²) in [6.07, 6.45) is 1.00. The number of nitrogens with two attached hydrogens (primary N) is 1. The third-order valence-corrected chi connectivity index (χ3v) is 2.98. The van der Waals surface area contributed by atoms with E-state index in [9.17, 15) is 9.59 Å². The number of carbonyl (C=O) groups excluding carboxylic acids is 2. The van der Waals surface area contributed by atoms with Crippen LogP contribution < -0.4 is 5.73 Å². The Kier molecular flexibility index (Phi) is 3.75. The van der Waals surface area contributed by atoms with E-state index in [0.717, 1.165) is 0 Å². The predicted molar refractivity (Wildman–Crippen MR) is 53.8 cm³/mol. The lowest BCUT2D eigenvalue weighted by Crippen LogP contribution is -2.45. The van der Waals surface area contributed by atoms with Gasteiger partial charge in [0.15, 0.2) is 0 Å². The highest BCUT2D eigenvalue weighted by atomic mass is 35.5. The van der Waals surface area contributed by atoms with Crippen LogP contribution in [-0.2, 0) is 9.59 Å². The maximum Gasteiger partial charge on any atom is 0.240 e. The van der Waals surface area contributed by atoms with Crippen molar-refractivity contribution in [2.45, 2.75) is 25.8 Å². The molecular weight excluding hydrogens is 204 g/mol. The molecule has 1 aliphatic rings. The molecule has 1 heterocycles. The highest BCUT2D eigenvalue weighted by Crippen LogP contribution is 2.22. The third kappa shape index (κ3) is 2.18.